The number of hydrazone groups is 1. The lowest BCUT2D eigenvalue weighted by atomic mass is 10.2. The Hall–Kier alpha value is -2.66. The van der Waals surface area contributed by atoms with Crippen LogP contribution in [0.4, 0.5) is 5.69 Å². The summed E-state index contributed by atoms with van der Waals surface area (Å²) < 4.78 is 29.6. The van der Waals surface area contributed by atoms with Gasteiger partial charge in [-0.1, -0.05) is 15.9 Å². The number of nitrogens with zero attached hydrogens (tertiary/aromatic N) is 2. The monoisotopic (exact) mass is 428 g/mol. The molecule has 0 spiro atoms. The van der Waals surface area contributed by atoms with Crippen LogP contribution in [0, 0.1) is 10.1 Å². The molecule has 2 rings (SSSR count). The van der Waals surface area contributed by atoms with Crippen LogP contribution in [0.2, 0.25) is 0 Å². The molecule has 0 radical (unpaired) electrons. The quantitative estimate of drug-likeness (QED) is 0.423. The highest BCUT2D eigenvalue weighted by atomic mass is 79.9. The second-order valence-electron chi connectivity index (χ2n) is 4.64. The largest absolute Gasteiger partial charge is 0.865 e. The molecule has 11 heteroatoms. The Morgan fingerprint density at radius 3 is 2.48 bits per heavy atom. The third-order valence-corrected chi connectivity index (χ3v) is 4.75. The Labute approximate surface area is 151 Å². The molecule has 1 N–H and O–H groups in total. The van der Waals surface area contributed by atoms with Gasteiger partial charge in [0.1, 0.15) is 5.75 Å². The molecule has 0 aliphatic heterocycles. The van der Waals surface area contributed by atoms with E-state index in [2.05, 4.69) is 21.0 Å². The first-order valence-electron chi connectivity index (χ1n) is 6.58. The van der Waals surface area contributed by atoms with Crippen LogP contribution in [0.25, 0.3) is 0 Å². The van der Waals surface area contributed by atoms with Gasteiger partial charge in [-0.3, -0.25) is 10.1 Å². The van der Waals surface area contributed by atoms with Crippen LogP contribution in [0.3, 0.4) is 0 Å². The number of nitro benzene ring substituents is 1. The van der Waals surface area contributed by atoms with Crippen molar-refractivity contribution in [1.29, 1.82) is 0 Å². The number of hydrogen-bond donors (Lipinski definition) is 1. The number of nitrogens with one attached hydrogen (secondary N) is 1. The van der Waals surface area contributed by atoms with Gasteiger partial charge in [0.2, 0.25) is 0 Å². The van der Waals surface area contributed by atoms with E-state index >= 15 is 0 Å². The standard InChI is InChI=1S/C14H12BrN3O6S/c1-24-13-7-9(6-12(14(13)19)18(20)21)8-16-17-25(22,23)11-4-2-10(15)3-5-11/h2-8,17,19H,1H3/p-1/b16-8-. The summed E-state index contributed by atoms with van der Waals surface area (Å²) in [6.45, 7) is 0. The highest BCUT2D eigenvalue weighted by Gasteiger charge is 2.14. The summed E-state index contributed by atoms with van der Waals surface area (Å²) >= 11 is 3.20. The smallest absolute Gasteiger partial charge is 0.276 e. The lowest BCUT2D eigenvalue weighted by Crippen LogP contribution is -2.18. The SMILES string of the molecule is COc1cc(/C=N\NS(=O)(=O)c2ccc(Br)cc2)cc([N+](=O)[O-])c1[O-]. The van der Waals surface area contributed by atoms with Gasteiger partial charge in [-0.25, -0.2) is 4.83 Å². The van der Waals surface area contributed by atoms with E-state index in [1.165, 1.54) is 25.3 Å². The molecule has 0 unspecified atom stereocenters. The fourth-order valence-corrected chi connectivity index (χ4v) is 2.86. The Morgan fingerprint density at radius 1 is 1.28 bits per heavy atom. The summed E-state index contributed by atoms with van der Waals surface area (Å²) in [5, 5.41) is 26.2. The van der Waals surface area contributed by atoms with Gasteiger partial charge in [0.15, 0.2) is 0 Å². The molecule has 0 heterocycles. The molecular formula is C14H11BrN3O6S-. The normalized spacial score (nSPS) is 11.4. The van der Waals surface area contributed by atoms with Crippen LogP contribution >= 0.6 is 15.9 Å². The predicted octanol–water partition coefficient (Wildman–Crippen LogP) is 1.75. The summed E-state index contributed by atoms with van der Waals surface area (Å²) in [5.41, 5.74) is -0.571. The molecule has 0 bridgehead atoms. The summed E-state index contributed by atoms with van der Waals surface area (Å²) in [6, 6.07) is 8.05. The van der Waals surface area contributed by atoms with Gasteiger partial charge in [0, 0.05) is 21.9 Å². The van der Waals surface area contributed by atoms with E-state index in [0.29, 0.717) is 4.47 Å². The maximum absolute atomic E-state index is 12.1. The number of sulfonamides is 1. The van der Waals surface area contributed by atoms with Crippen molar-refractivity contribution in [2.75, 3.05) is 7.11 Å². The van der Waals surface area contributed by atoms with Gasteiger partial charge in [-0.05, 0) is 30.3 Å². The minimum atomic E-state index is -3.89. The minimum Gasteiger partial charge on any atom is -0.865 e. The van der Waals surface area contributed by atoms with E-state index in [-0.39, 0.29) is 16.2 Å². The van der Waals surface area contributed by atoms with Crippen LogP contribution < -0.4 is 14.7 Å². The van der Waals surface area contributed by atoms with Gasteiger partial charge in [0.05, 0.1) is 23.1 Å². The first-order valence-corrected chi connectivity index (χ1v) is 8.86. The molecule has 0 amide bonds. The van der Waals surface area contributed by atoms with Crippen molar-refractivity contribution in [2.24, 2.45) is 5.10 Å². The van der Waals surface area contributed by atoms with Gasteiger partial charge in [-0.2, -0.15) is 13.5 Å². The zero-order valence-corrected chi connectivity index (χ0v) is 15.1. The van der Waals surface area contributed by atoms with Crippen molar-refractivity contribution >= 4 is 37.9 Å². The first kappa shape index (κ1) is 18.7. The molecule has 2 aromatic rings. The van der Waals surface area contributed by atoms with E-state index < -0.39 is 26.4 Å². The lowest BCUT2D eigenvalue weighted by molar-refractivity contribution is -0.398. The molecule has 132 valence electrons. The van der Waals surface area contributed by atoms with E-state index in [4.69, 9.17) is 4.74 Å². The van der Waals surface area contributed by atoms with Gasteiger partial charge < -0.3 is 9.84 Å². The predicted molar refractivity (Wildman–Crippen MR) is 91.2 cm³/mol. The van der Waals surface area contributed by atoms with Crippen LogP contribution in [-0.2, 0) is 10.0 Å². The molecule has 0 aliphatic carbocycles. The number of nitro groups is 1. The van der Waals surface area contributed by atoms with Crippen molar-refractivity contribution in [2.45, 2.75) is 4.90 Å². The minimum absolute atomic E-state index is 0.00804. The molecular weight excluding hydrogens is 418 g/mol. The topological polar surface area (TPSA) is 134 Å². The Morgan fingerprint density at radius 2 is 1.92 bits per heavy atom. The Balaban J connectivity index is 2.26. The molecule has 25 heavy (non-hydrogen) atoms. The fourth-order valence-electron chi connectivity index (χ4n) is 1.81. The molecule has 9 nitrogen and oxygen atoms in total. The number of halogens is 1. The molecule has 0 aromatic heterocycles. The van der Waals surface area contributed by atoms with E-state index in [1.54, 1.807) is 12.1 Å². The number of hydrogen-bond acceptors (Lipinski definition) is 7. The fraction of sp³-hybridized carbons (Fsp3) is 0.0714. The van der Waals surface area contributed by atoms with Crippen molar-refractivity contribution in [3.05, 3.63) is 56.5 Å². The van der Waals surface area contributed by atoms with Gasteiger partial charge in [0.25, 0.3) is 15.7 Å². The zero-order chi connectivity index (χ0) is 18.6. The van der Waals surface area contributed by atoms with Gasteiger partial charge >= 0.3 is 0 Å². The second kappa shape index (κ2) is 7.49. The number of benzene rings is 2. The summed E-state index contributed by atoms with van der Waals surface area (Å²) in [6.07, 6.45) is 1.03. The highest BCUT2D eigenvalue weighted by molar-refractivity contribution is 9.10. The van der Waals surface area contributed by atoms with Crippen molar-refractivity contribution in [3.8, 4) is 11.5 Å². The molecule has 0 aliphatic rings. The van der Waals surface area contributed by atoms with Crippen LogP contribution in [0.1, 0.15) is 5.56 Å². The summed E-state index contributed by atoms with van der Waals surface area (Å²) in [5.74, 6) is -1.12. The Bertz CT molecular complexity index is 928. The van der Waals surface area contributed by atoms with Crippen molar-refractivity contribution in [1.82, 2.24) is 4.83 Å². The zero-order valence-electron chi connectivity index (χ0n) is 12.7. The highest BCUT2D eigenvalue weighted by Crippen LogP contribution is 2.33. The summed E-state index contributed by atoms with van der Waals surface area (Å²) in [4.78, 5) is 12.0. The van der Waals surface area contributed by atoms with E-state index in [1.807, 2.05) is 4.83 Å². The number of rotatable bonds is 6. The third kappa shape index (κ3) is 4.45. The molecule has 2 aromatic carbocycles. The third-order valence-electron chi connectivity index (χ3n) is 2.98. The molecule has 0 atom stereocenters. The molecule has 0 fully saturated rings. The maximum Gasteiger partial charge on any atom is 0.276 e. The lowest BCUT2D eigenvalue weighted by Gasteiger charge is -2.13. The summed E-state index contributed by atoms with van der Waals surface area (Å²) in [7, 11) is -2.70. The number of ether oxygens (including phenoxy) is 1. The maximum atomic E-state index is 12.1. The molecule has 0 saturated carbocycles. The van der Waals surface area contributed by atoms with Gasteiger partial charge in [-0.15, -0.1) is 0 Å². The molecule has 0 saturated heterocycles. The van der Waals surface area contributed by atoms with Crippen LogP contribution in [-0.4, -0.2) is 26.7 Å². The van der Waals surface area contributed by atoms with Crippen molar-refractivity contribution in [3.63, 3.8) is 0 Å². The number of methoxy groups -OCH3 is 1. The second-order valence-corrected chi connectivity index (χ2v) is 7.21. The van der Waals surface area contributed by atoms with Crippen LogP contribution in [0.5, 0.6) is 11.5 Å². The average Bonchev–Trinajstić information content (AvgIpc) is 2.56. The van der Waals surface area contributed by atoms with E-state index in [9.17, 15) is 23.6 Å². The average molecular weight is 429 g/mol. The van der Waals surface area contributed by atoms with Crippen LogP contribution in [0.15, 0.2) is 50.9 Å². The van der Waals surface area contributed by atoms with E-state index in [0.717, 1.165) is 12.3 Å². The Kier molecular flexibility index (Phi) is 5.59. The first-order chi connectivity index (χ1) is 11.7. The van der Waals surface area contributed by atoms with Crippen molar-refractivity contribution < 1.29 is 23.2 Å².